The number of hydrogen-bond donors (Lipinski definition) is 1. The normalized spacial score (nSPS) is 14.7. The van der Waals surface area contributed by atoms with Gasteiger partial charge < -0.3 is 38.3 Å². The van der Waals surface area contributed by atoms with Crippen molar-refractivity contribution in [3.63, 3.8) is 0 Å². The van der Waals surface area contributed by atoms with Crippen molar-refractivity contribution in [2.24, 2.45) is 17.8 Å². The van der Waals surface area contributed by atoms with E-state index in [0.717, 1.165) is 0 Å². The van der Waals surface area contributed by atoms with Crippen molar-refractivity contribution in [3.05, 3.63) is 25.3 Å². The first-order chi connectivity index (χ1) is 22.2. The Morgan fingerprint density at radius 3 is 1.36 bits per heavy atom. The predicted octanol–water partition coefficient (Wildman–Crippen LogP) is 3.02. The summed E-state index contributed by atoms with van der Waals surface area (Å²) in [4.78, 5) is 0. The number of nitriles is 3. The van der Waals surface area contributed by atoms with Gasteiger partial charge in [-0.15, -0.1) is 21.9 Å². The first kappa shape index (κ1) is 44.1. The number of aliphatic hydroxyl groups excluding tert-OH is 1. The van der Waals surface area contributed by atoms with E-state index < -0.39 is 75.4 Å². The van der Waals surface area contributed by atoms with Crippen LogP contribution in [0.4, 0.5) is 26.3 Å². The minimum atomic E-state index is -5.49. The summed E-state index contributed by atoms with van der Waals surface area (Å²) in [6, 6.07) is 5.75. The van der Waals surface area contributed by atoms with Crippen molar-refractivity contribution >= 4 is 0 Å². The van der Waals surface area contributed by atoms with E-state index in [2.05, 4.69) is 32.1 Å². The van der Waals surface area contributed by atoms with Gasteiger partial charge in [-0.05, 0) is 0 Å². The van der Waals surface area contributed by atoms with Crippen LogP contribution in [0.1, 0.15) is 0 Å². The molecule has 4 unspecified atom stereocenters. The molecule has 19 heteroatoms. The zero-order chi connectivity index (χ0) is 35.6. The molecular weight excluding hydrogens is 652 g/mol. The third kappa shape index (κ3) is 24.9. The maximum Gasteiger partial charge on any atom is 0.495 e. The summed E-state index contributed by atoms with van der Waals surface area (Å²) in [5.41, 5.74) is 0. The van der Waals surface area contributed by atoms with Crippen molar-refractivity contribution in [2.45, 2.75) is 24.6 Å². The van der Waals surface area contributed by atoms with Crippen LogP contribution in [0.15, 0.2) is 25.3 Å². The first-order valence-electron chi connectivity index (χ1n) is 13.9. The lowest BCUT2D eigenvalue weighted by atomic mass is 10.2. The number of halogens is 6. The Kier molecular flexibility index (Phi) is 23.6. The monoisotopic (exact) mass is 691 g/mol. The number of ether oxygens (including phenoxy) is 9. The Morgan fingerprint density at radius 2 is 0.915 bits per heavy atom. The molecule has 47 heavy (non-hydrogen) atoms. The molecule has 0 saturated carbocycles. The lowest BCUT2D eigenvalue weighted by Crippen LogP contribution is -2.44. The van der Waals surface area contributed by atoms with E-state index in [9.17, 15) is 31.4 Å². The zero-order valence-corrected chi connectivity index (χ0v) is 25.5. The molecule has 0 aromatic carbocycles. The molecule has 0 aliphatic rings. The van der Waals surface area contributed by atoms with E-state index in [1.165, 1.54) is 12.2 Å². The summed E-state index contributed by atoms with van der Waals surface area (Å²) >= 11 is 0. The van der Waals surface area contributed by atoms with Crippen molar-refractivity contribution in [1.29, 1.82) is 15.8 Å². The molecule has 0 radical (unpaired) electrons. The molecule has 0 aromatic heterocycles. The fraction of sp³-hybridized carbons (Fsp3) is 0.750. The third-order valence-corrected chi connectivity index (χ3v) is 5.00. The molecule has 0 saturated heterocycles. The predicted molar refractivity (Wildman–Crippen MR) is 146 cm³/mol. The standard InChI is InChI=1S/C28H39F6N3O10/c1-3-5-39-12-22(9-35)15-43-16-24(11-37)14-41-7-8-42-20-26(29,30)46-28(33,34)47-27(31,32)21-45-19-25(38)18-44-17-23(10-36)13-40-6-4-2/h3-4,22-25,38H,1-2,5-8,12-21H2. The van der Waals surface area contributed by atoms with Gasteiger partial charge in [0.25, 0.3) is 0 Å². The molecule has 0 bridgehead atoms. The number of nitrogens with zero attached hydrogens (tertiary/aromatic N) is 3. The molecular formula is C28H39F6N3O10. The van der Waals surface area contributed by atoms with Gasteiger partial charge in [0.2, 0.25) is 0 Å². The van der Waals surface area contributed by atoms with Crippen LogP contribution >= 0.6 is 0 Å². The van der Waals surface area contributed by atoms with Gasteiger partial charge in [-0.1, -0.05) is 12.2 Å². The maximum absolute atomic E-state index is 13.8. The second kappa shape index (κ2) is 25.2. The molecule has 0 amide bonds. The third-order valence-electron chi connectivity index (χ3n) is 5.00. The topological polar surface area (TPSA) is 175 Å². The molecule has 0 fully saturated rings. The highest BCUT2D eigenvalue weighted by molar-refractivity contribution is 4.85. The lowest BCUT2D eigenvalue weighted by molar-refractivity contribution is -0.518. The average Bonchev–Trinajstić information content (AvgIpc) is 2.98. The molecule has 0 aliphatic carbocycles. The van der Waals surface area contributed by atoms with Crippen molar-refractivity contribution in [3.8, 4) is 18.2 Å². The molecule has 0 aliphatic heterocycles. The van der Waals surface area contributed by atoms with Gasteiger partial charge in [-0.25, -0.2) is 9.47 Å². The van der Waals surface area contributed by atoms with Gasteiger partial charge >= 0.3 is 18.5 Å². The molecule has 1 N–H and O–H groups in total. The summed E-state index contributed by atoms with van der Waals surface area (Å²) in [6.07, 6.45) is -13.6. The molecule has 0 heterocycles. The average molecular weight is 692 g/mol. The smallest absolute Gasteiger partial charge is 0.388 e. The van der Waals surface area contributed by atoms with Crippen LogP contribution in [-0.4, -0.2) is 122 Å². The molecule has 0 spiro atoms. The van der Waals surface area contributed by atoms with Crippen molar-refractivity contribution in [2.75, 3.05) is 92.5 Å². The molecule has 13 nitrogen and oxygen atoms in total. The van der Waals surface area contributed by atoms with Gasteiger partial charge in [0, 0.05) is 0 Å². The SMILES string of the molecule is C=CCOCC(C#N)COCC(O)COCC(F)(F)OC(F)(F)OC(F)(F)COCCOCC(C#N)COCC(C#N)COCC=C. The number of aliphatic hydroxyl groups is 1. The van der Waals surface area contributed by atoms with Gasteiger partial charge in [-0.2, -0.15) is 33.3 Å². The zero-order valence-electron chi connectivity index (χ0n) is 25.5. The maximum atomic E-state index is 13.8. The summed E-state index contributed by atoms with van der Waals surface area (Å²) in [5, 5.41) is 36.9. The number of rotatable bonds is 31. The first-order valence-corrected chi connectivity index (χ1v) is 13.9. The van der Waals surface area contributed by atoms with E-state index in [-0.39, 0.29) is 59.5 Å². The molecule has 268 valence electrons. The highest BCUT2D eigenvalue weighted by atomic mass is 19.3. The summed E-state index contributed by atoms with van der Waals surface area (Å²) in [7, 11) is 0. The summed E-state index contributed by atoms with van der Waals surface area (Å²) in [5.74, 6) is -2.07. The quantitative estimate of drug-likeness (QED) is 0.0487. The lowest BCUT2D eigenvalue weighted by Gasteiger charge is -2.26. The van der Waals surface area contributed by atoms with Crippen LogP contribution in [0.5, 0.6) is 0 Å². The van der Waals surface area contributed by atoms with Gasteiger partial charge in [0.15, 0.2) is 0 Å². The number of hydrogen-bond acceptors (Lipinski definition) is 13. The van der Waals surface area contributed by atoms with E-state index in [1.54, 1.807) is 0 Å². The van der Waals surface area contributed by atoms with E-state index in [4.69, 9.17) is 39.5 Å². The Morgan fingerprint density at radius 1 is 0.553 bits per heavy atom. The van der Waals surface area contributed by atoms with Crippen LogP contribution in [0, 0.1) is 51.7 Å². The van der Waals surface area contributed by atoms with Crippen LogP contribution in [-0.2, 0) is 42.6 Å². The Bertz CT molecular complexity index is 994. The highest BCUT2D eigenvalue weighted by Crippen LogP contribution is 2.33. The van der Waals surface area contributed by atoms with Gasteiger partial charge in [0.1, 0.15) is 19.3 Å². The van der Waals surface area contributed by atoms with E-state index in [0.29, 0.717) is 0 Å². The van der Waals surface area contributed by atoms with Crippen molar-refractivity contribution < 1.29 is 74.1 Å². The molecule has 4 atom stereocenters. The largest absolute Gasteiger partial charge is 0.495 e. The molecule has 0 aromatic rings. The summed E-state index contributed by atoms with van der Waals surface area (Å²) in [6.45, 7) is 1.07. The fourth-order valence-corrected chi connectivity index (χ4v) is 2.98. The van der Waals surface area contributed by atoms with Crippen molar-refractivity contribution in [1.82, 2.24) is 0 Å². The minimum absolute atomic E-state index is 0.00989. The van der Waals surface area contributed by atoms with Crippen LogP contribution in [0.2, 0.25) is 0 Å². The van der Waals surface area contributed by atoms with E-state index >= 15 is 0 Å². The van der Waals surface area contributed by atoms with Crippen LogP contribution in [0.25, 0.3) is 0 Å². The van der Waals surface area contributed by atoms with Gasteiger partial charge in [-0.3, -0.25) is 0 Å². The fourth-order valence-electron chi connectivity index (χ4n) is 2.98. The summed E-state index contributed by atoms with van der Waals surface area (Å²) < 4.78 is 123. The Balaban J connectivity index is 4.31. The minimum Gasteiger partial charge on any atom is -0.388 e. The second-order valence-electron chi connectivity index (χ2n) is 9.44. The highest BCUT2D eigenvalue weighted by Gasteiger charge is 2.52. The Labute approximate surface area is 268 Å². The number of alkyl halides is 6. The van der Waals surface area contributed by atoms with Crippen LogP contribution in [0.3, 0.4) is 0 Å². The van der Waals surface area contributed by atoms with Gasteiger partial charge in [0.05, 0.1) is 115 Å². The van der Waals surface area contributed by atoms with Crippen LogP contribution < -0.4 is 0 Å². The van der Waals surface area contributed by atoms with E-state index in [1.807, 2.05) is 18.2 Å². The Hall–Kier alpha value is -2.87. The second-order valence-corrected chi connectivity index (χ2v) is 9.44. The molecule has 0 rings (SSSR count).